The van der Waals surface area contributed by atoms with E-state index in [0.29, 0.717) is 24.8 Å². The number of rotatable bonds is 11. The Kier molecular flexibility index (Phi) is 7.53. The van der Waals surface area contributed by atoms with Crippen LogP contribution in [0.5, 0.6) is 0 Å². The minimum Gasteiger partial charge on any atom is -0.396 e. The van der Waals surface area contributed by atoms with Gasteiger partial charge in [-0.2, -0.15) is 5.10 Å². The van der Waals surface area contributed by atoms with E-state index in [0.717, 1.165) is 24.7 Å². The second-order valence-electron chi connectivity index (χ2n) is 8.02. The molecule has 0 unspecified atom stereocenters. The Morgan fingerprint density at radius 1 is 1.38 bits per heavy atom. The summed E-state index contributed by atoms with van der Waals surface area (Å²) in [4.78, 5) is 13.4. The van der Waals surface area contributed by atoms with Crippen LogP contribution in [0.2, 0.25) is 0 Å². The maximum Gasteiger partial charge on any atom is 0.128 e. The molecule has 0 saturated heterocycles. The lowest BCUT2D eigenvalue weighted by atomic mass is 9.70. The average Bonchev–Trinajstić information content (AvgIpc) is 3.31. The van der Waals surface area contributed by atoms with E-state index in [4.69, 9.17) is 0 Å². The van der Waals surface area contributed by atoms with E-state index in [1.165, 1.54) is 37.9 Å². The van der Waals surface area contributed by atoms with E-state index in [1.54, 1.807) is 0 Å². The van der Waals surface area contributed by atoms with Crippen molar-refractivity contribution in [1.29, 1.82) is 0 Å². The van der Waals surface area contributed by atoms with Gasteiger partial charge in [0.15, 0.2) is 0 Å². The molecule has 0 spiro atoms. The highest BCUT2D eigenvalue weighted by atomic mass is 16.3. The largest absolute Gasteiger partial charge is 0.396 e. The number of aldehydes is 1. The Morgan fingerprint density at radius 3 is 2.58 bits per heavy atom. The first-order valence-corrected chi connectivity index (χ1v) is 9.64. The van der Waals surface area contributed by atoms with Crippen molar-refractivity contribution in [2.75, 3.05) is 20.2 Å². The van der Waals surface area contributed by atoms with Crippen molar-refractivity contribution in [3.8, 4) is 0 Å². The van der Waals surface area contributed by atoms with Crippen LogP contribution in [-0.4, -0.2) is 48.4 Å². The van der Waals surface area contributed by atoms with E-state index >= 15 is 0 Å². The smallest absolute Gasteiger partial charge is 0.128 e. The van der Waals surface area contributed by atoms with Gasteiger partial charge < -0.3 is 20.2 Å². The molecule has 2 saturated carbocycles. The molecule has 0 heterocycles. The first-order chi connectivity index (χ1) is 11.6. The molecule has 2 rings (SSSR count). The van der Waals surface area contributed by atoms with Gasteiger partial charge in [-0.15, -0.1) is 0 Å². The topological polar surface area (TPSA) is 64.9 Å². The van der Waals surface area contributed by atoms with Crippen LogP contribution in [-0.2, 0) is 4.79 Å². The number of carbonyl (C=O) groups is 1. The quantitative estimate of drug-likeness (QED) is 0.263. The summed E-state index contributed by atoms with van der Waals surface area (Å²) >= 11 is 0. The van der Waals surface area contributed by atoms with Crippen LogP contribution in [0.25, 0.3) is 0 Å². The Balaban J connectivity index is 2.00. The van der Waals surface area contributed by atoms with Crippen molar-refractivity contribution in [3.05, 3.63) is 0 Å². The zero-order valence-corrected chi connectivity index (χ0v) is 15.6. The zero-order valence-electron chi connectivity index (χ0n) is 15.6. The highest BCUT2D eigenvalue weighted by Crippen LogP contribution is 2.41. The number of aliphatic hydroxyl groups is 1. The monoisotopic (exact) mass is 337 g/mol. The van der Waals surface area contributed by atoms with Gasteiger partial charge in [-0.1, -0.05) is 13.8 Å². The second kappa shape index (κ2) is 9.40. The molecule has 2 aliphatic rings. The van der Waals surface area contributed by atoms with Gasteiger partial charge in [0.2, 0.25) is 0 Å². The molecule has 2 N–H and O–H groups in total. The lowest BCUT2D eigenvalue weighted by molar-refractivity contribution is -0.108. The molecule has 2 fully saturated rings. The second-order valence-corrected chi connectivity index (χ2v) is 8.02. The molecule has 138 valence electrons. The third kappa shape index (κ3) is 5.47. The number of hydrogen-bond donors (Lipinski definition) is 2. The van der Waals surface area contributed by atoms with Gasteiger partial charge in [-0.05, 0) is 56.3 Å². The third-order valence-electron chi connectivity index (χ3n) is 5.34. The van der Waals surface area contributed by atoms with Crippen molar-refractivity contribution in [2.24, 2.45) is 28.8 Å². The predicted molar refractivity (Wildman–Crippen MR) is 97.8 cm³/mol. The molecular weight excluding hydrogens is 302 g/mol. The molecule has 0 bridgehead atoms. The first kappa shape index (κ1) is 19.2. The maximum absolute atomic E-state index is 11.0. The highest BCUT2D eigenvalue weighted by Gasteiger charge is 2.40. The standard InChI is InChI=1S/C19H35N3O2/c1-14(2)10-16-11-17(12-16)19(21-20-3)22(18-4-5-18)13-15(6-8-23)7-9-24/h8,14-18,20,24H,4-7,9-13H2,1-3H3/b21-19-/t15-,16?,17?/m1/s1. The molecule has 1 atom stereocenters. The number of nitrogens with one attached hydrogen (secondary N) is 1. The van der Waals surface area contributed by atoms with Crippen molar-refractivity contribution in [1.82, 2.24) is 10.3 Å². The van der Waals surface area contributed by atoms with Gasteiger partial charge in [-0.25, -0.2) is 0 Å². The van der Waals surface area contributed by atoms with E-state index in [-0.39, 0.29) is 12.5 Å². The fourth-order valence-electron chi connectivity index (χ4n) is 4.01. The Hall–Kier alpha value is -1.10. The summed E-state index contributed by atoms with van der Waals surface area (Å²) in [7, 11) is 1.87. The number of carbonyl (C=O) groups excluding carboxylic acids is 1. The molecule has 0 aromatic rings. The summed E-state index contributed by atoms with van der Waals surface area (Å²) in [5, 5.41) is 13.9. The summed E-state index contributed by atoms with van der Waals surface area (Å²) in [6.45, 7) is 5.59. The summed E-state index contributed by atoms with van der Waals surface area (Å²) in [5.41, 5.74) is 3.00. The molecule has 2 aliphatic carbocycles. The van der Waals surface area contributed by atoms with E-state index in [2.05, 4.69) is 29.3 Å². The summed E-state index contributed by atoms with van der Waals surface area (Å²) in [6, 6.07) is 0.578. The highest BCUT2D eigenvalue weighted by molar-refractivity contribution is 5.86. The summed E-state index contributed by atoms with van der Waals surface area (Å²) < 4.78 is 0. The van der Waals surface area contributed by atoms with Crippen LogP contribution in [0, 0.1) is 23.7 Å². The predicted octanol–water partition coefficient (Wildman–Crippen LogP) is 2.64. The van der Waals surface area contributed by atoms with Crippen molar-refractivity contribution < 1.29 is 9.90 Å². The van der Waals surface area contributed by atoms with Crippen molar-refractivity contribution in [3.63, 3.8) is 0 Å². The van der Waals surface area contributed by atoms with E-state index in [9.17, 15) is 9.90 Å². The van der Waals surface area contributed by atoms with Crippen LogP contribution in [0.1, 0.15) is 58.8 Å². The molecule has 24 heavy (non-hydrogen) atoms. The molecule has 0 radical (unpaired) electrons. The van der Waals surface area contributed by atoms with Gasteiger partial charge in [0.1, 0.15) is 12.1 Å². The zero-order chi connectivity index (χ0) is 17.5. The van der Waals surface area contributed by atoms with Crippen LogP contribution in [0.3, 0.4) is 0 Å². The molecular formula is C19H35N3O2. The number of hydrazone groups is 1. The minimum atomic E-state index is 0.148. The fraction of sp³-hybridized carbons (Fsp3) is 0.895. The van der Waals surface area contributed by atoms with Gasteiger partial charge in [0, 0.05) is 38.6 Å². The Bertz CT molecular complexity index is 415. The van der Waals surface area contributed by atoms with Crippen molar-refractivity contribution in [2.45, 2.75) is 64.8 Å². The Labute approximate surface area is 146 Å². The molecule has 5 nitrogen and oxygen atoms in total. The number of hydrogen-bond acceptors (Lipinski definition) is 4. The van der Waals surface area contributed by atoms with Gasteiger partial charge >= 0.3 is 0 Å². The fourth-order valence-corrected chi connectivity index (χ4v) is 4.01. The molecule has 0 aromatic heterocycles. The average molecular weight is 338 g/mol. The number of nitrogens with zero attached hydrogens (tertiary/aromatic N) is 2. The first-order valence-electron chi connectivity index (χ1n) is 9.64. The number of aliphatic hydroxyl groups excluding tert-OH is 1. The van der Waals surface area contributed by atoms with E-state index in [1.807, 2.05) is 7.05 Å². The van der Waals surface area contributed by atoms with Gasteiger partial charge in [0.05, 0.1) is 0 Å². The van der Waals surface area contributed by atoms with Gasteiger partial charge in [0.25, 0.3) is 0 Å². The van der Waals surface area contributed by atoms with Gasteiger partial charge in [-0.3, -0.25) is 0 Å². The van der Waals surface area contributed by atoms with Crippen LogP contribution in [0.4, 0.5) is 0 Å². The minimum absolute atomic E-state index is 0.148. The van der Waals surface area contributed by atoms with Crippen LogP contribution >= 0.6 is 0 Å². The van der Waals surface area contributed by atoms with Crippen LogP contribution < -0.4 is 5.43 Å². The number of amidine groups is 1. The normalized spacial score (nSPS) is 25.3. The van der Waals surface area contributed by atoms with E-state index < -0.39 is 0 Å². The summed E-state index contributed by atoms with van der Waals surface area (Å²) in [5.74, 6) is 3.56. The van der Waals surface area contributed by atoms with Crippen molar-refractivity contribution >= 4 is 12.1 Å². The summed E-state index contributed by atoms with van der Waals surface area (Å²) in [6.07, 6.45) is 8.43. The molecule has 0 aliphatic heterocycles. The maximum atomic E-state index is 11.0. The van der Waals surface area contributed by atoms with Crippen LogP contribution in [0.15, 0.2) is 5.10 Å². The molecule has 0 aromatic carbocycles. The molecule has 0 amide bonds. The SMILES string of the molecule is CN/N=C(/C1CC(CC(C)C)C1)N(C[C@H](CC=O)CCO)C1CC1. The Morgan fingerprint density at radius 2 is 2.08 bits per heavy atom. The molecule has 5 heteroatoms. The third-order valence-corrected chi connectivity index (χ3v) is 5.34. The lowest BCUT2D eigenvalue weighted by Crippen LogP contribution is -2.46. The lowest BCUT2D eigenvalue weighted by Gasteiger charge is -2.42.